The van der Waals surface area contributed by atoms with Crippen molar-refractivity contribution in [2.45, 2.75) is 0 Å². The summed E-state index contributed by atoms with van der Waals surface area (Å²) in [6, 6.07) is 62.7. The van der Waals surface area contributed by atoms with E-state index in [4.69, 9.17) is 0 Å². The van der Waals surface area contributed by atoms with Gasteiger partial charge in [0.2, 0.25) is 0 Å². The lowest BCUT2D eigenvalue weighted by molar-refractivity contribution is 1.29. The highest BCUT2D eigenvalue weighted by molar-refractivity contribution is 5.90. The number of nitrogens with zero attached hydrogens (tertiary/aromatic N) is 1. The molecule has 0 spiro atoms. The van der Waals surface area contributed by atoms with Crippen molar-refractivity contribution in [1.82, 2.24) is 0 Å². The van der Waals surface area contributed by atoms with Gasteiger partial charge in [-0.1, -0.05) is 152 Å². The molecule has 204 valence electrons. The van der Waals surface area contributed by atoms with Crippen LogP contribution in [0.25, 0.3) is 45.2 Å². The monoisotopic (exact) mass is 549 g/mol. The summed E-state index contributed by atoms with van der Waals surface area (Å²) in [7, 11) is 0. The predicted molar refractivity (Wildman–Crippen MR) is 185 cm³/mol. The standard InChI is InChI=1S/C42H31N/c1-3-10-32(11-4-1)18-19-33-20-22-36(23-21-33)37-24-27-40(28-25-37)43(42-29-26-35-14-7-8-15-38(35)31-42)41-17-9-16-39(30-41)34-12-5-2-6-13-34/h1-31H/b19-18-. The number of anilines is 3. The molecule has 0 aromatic heterocycles. The zero-order chi connectivity index (χ0) is 28.8. The minimum absolute atomic E-state index is 1.12. The van der Waals surface area contributed by atoms with Gasteiger partial charge < -0.3 is 4.90 Å². The fraction of sp³-hybridized carbons (Fsp3) is 0. The van der Waals surface area contributed by atoms with Gasteiger partial charge in [-0.2, -0.15) is 0 Å². The average Bonchev–Trinajstić information content (AvgIpc) is 3.09. The molecule has 1 nitrogen and oxygen atoms in total. The Kier molecular flexibility index (Phi) is 7.36. The molecule has 0 N–H and O–H groups in total. The molecule has 0 aliphatic rings. The number of fused-ring (bicyclic) bond motifs is 1. The van der Waals surface area contributed by atoms with Gasteiger partial charge >= 0.3 is 0 Å². The Morgan fingerprint density at radius 1 is 0.302 bits per heavy atom. The van der Waals surface area contributed by atoms with Crippen molar-refractivity contribution in [2.24, 2.45) is 0 Å². The van der Waals surface area contributed by atoms with Crippen molar-refractivity contribution >= 4 is 40.0 Å². The van der Waals surface area contributed by atoms with E-state index >= 15 is 0 Å². The zero-order valence-electron chi connectivity index (χ0n) is 23.8. The second kappa shape index (κ2) is 12.1. The third-order valence-electron chi connectivity index (χ3n) is 7.84. The lowest BCUT2D eigenvalue weighted by atomic mass is 10.0. The molecule has 7 aromatic rings. The maximum atomic E-state index is 2.35. The van der Waals surface area contributed by atoms with Crippen LogP contribution in [0, 0.1) is 0 Å². The number of rotatable bonds is 7. The molecule has 0 amide bonds. The van der Waals surface area contributed by atoms with Crippen molar-refractivity contribution < 1.29 is 0 Å². The van der Waals surface area contributed by atoms with E-state index in [0.29, 0.717) is 0 Å². The van der Waals surface area contributed by atoms with Gasteiger partial charge in [-0.3, -0.25) is 0 Å². The Balaban J connectivity index is 1.22. The van der Waals surface area contributed by atoms with Crippen LogP contribution in [0.3, 0.4) is 0 Å². The Bertz CT molecular complexity index is 1990. The first kappa shape index (κ1) is 26.3. The zero-order valence-corrected chi connectivity index (χ0v) is 23.8. The highest BCUT2D eigenvalue weighted by atomic mass is 15.1. The number of hydrogen-bond acceptors (Lipinski definition) is 1. The van der Waals surface area contributed by atoms with Gasteiger partial charge in [0.05, 0.1) is 0 Å². The Morgan fingerprint density at radius 2 is 0.814 bits per heavy atom. The van der Waals surface area contributed by atoms with Crippen molar-refractivity contribution in [3.05, 3.63) is 187 Å². The van der Waals surface area contributed by atoms with Crippen LogP contribution < -0.4 is 4.90 Å². The summed E-state index contributed by atoms with van der Waals surface area (Å²) in [4.78, 5) is 2.35. The lowest BCUT2D eigenvalue weighted by Gasteiger charge is -2.26. The molecule has 0 saturated heterocycles. The van der Waals surface area contributed by atoms with E-state index in [1.807, 2.05) is 6.07 Å². The van der Waals surface area contributed by atoms with Crippen molar-refractivity contribution in [2.75, 3.05) is 4.90 Å². The van der Waals surface area contributed by atoms with Gasteiger partial charge in [-0.15, -0.1) is 0 Å². The summed E-state index contributed by atoms with van der Waals surface area (Å²) < 4.78 is 0. The normalized spacial score (nSPS) is 11.2. The van der Waals surface area contributed by atoms with E-state index in [1.165, 1.54) is 44.2 Å². The third kappa shape index (κ3) is 5.88. The van der Waals surface area contributed by atoms with Gasteiger partial charge in [0.15, 0.2) is 0 Å². The van der Waals surface area contributed by atoms with Gasteiger partial charge in [-0.05, 0) is 80.6 Å². The summed E-state index contributed by atoms with van der Waals surface area (Å²) in [5.74, 6) is 0. The van der Waals surface area contributed by atoms with Crippen LogP contribution in [0.15, 0.2) is 176 Å². The second-order valence-electron chi connectivity index (χ2n) is 10.7. The molecule has 43 heavy (non-hydrogen) atoms. The Morgan fingerprint density at radius 3 is 1.53 bits per heavy atom. The van der Waals surface area contributed by atoms with Gasteiger partial charge in [0.1, 0.15) is 0 Å². The first-order valence-corrected chi connectivity index (χ1v) is 14.7. The highest BCUT2D eigenvalue weighted by Crippen LogP contribution is 2.38. The van der Waals surface area contributed by atoms with Crippen molar-refractivity contribution in [1.29, 1.82) is 0 Å². The van der Waals surface area contributed by atoms with Crippen molar-refractivity contribution in [3.8, 4) is 22.3 Å². The molecule has 7 aromatic carbocycles. The summed E-state index contributed by atoms with van der Waals surface area (Å²) in [6.45, 7) is 0. The first-order chi connectivity index (χ1) is 21.3. The van der Waals surface area contributed by atoms with E-state index < -0.39 is 0 Å². The molecule has 0 unspecified atom stereocenters. The molecule has 0 radical (unpaired) electrons. The quantitative estimate of drug-likeness (QED) is 0.179. The molecule has 0 saturated carbocycles. The first-order valence-electron chi connectivity index (χ1n) is 14.7. The van der Waals surface area contributed by atoms with Crippen molar-refractivity contribution in [3.63, 3.8) is 0 Å². The fourth-order valence-corrected chi connectivity index (χ4v) is 5.56. The Labute approximate surface area is 253 Å². The molecule has 0 heterocycles. The lowest BCUT2D eigenvalue weighted by Crippen LogP contribution is -2.10. The highest BCUT2D eigenvalue weighted by Gasteiger charge is 2.14. The van der Waals surface area contributed by atoms with E-state index in [-0.39, 0.29) is 0 Å². The fourth-order valence-electron chi connectivity index (χ4n) is 5.56. The van der Waals surface area contributed by atoms with Gasteiger partial charge in [0.25, 0.3) is 0 Å². The average molecular weight is 550 g/mol. The minimum atomic E-state index is 1.12. The van der Waals surface area contributed by atoms with E-state index in [9.17, 15) is 0 Å². The van der Waals surface area contributed by atoms with Gasteiger partial charge in [-0.25, -0.2) is 0 Å². The third-order valence-corrected chi connectivity index (χ3v) is 7.84. The molecule has 0 aliphatic carbocycles. The largest absolute Gasteiger partial charge is 0.310 e. The molecule has 1 heteroatoms. The number of hydrogen-bond donors (Lipinski definition) is 0. The maximum absolute atomic E-state index is 2.35. The molecule has 0 fully saturated rings. The predicted octanol–water partition coefficient (Wildman–Crippen LogP) is 11.8. The molecular weight excluding hydrogens is 518 g/mol. The molecule has 0 aliphatic heterocycles. The van der Waals surface area contributed by atoms with Crippen LogP contribution in [0.2, 0.25) is 0 Å². The van der Waals surface area contributed by atoms with Crippen LogP contribution in [-0.4, -0.2) is 0 Å². The van der Waals surface area contributed by atoms with Crippen LogP contribution in [-0.2, 0) is 0 Å². The smallest absolute Gasteiger partial charge is 0.0468 e. The summed E-state index contributed by atoms with van der Waals surface area (Å²) >= 11 is 0. The Hall–Kier alpha value is -5.66. The van der Waals surface area contributed by atoms with E-state index in [0.717, 1.165) is 17.1 Å². The SMILES string of the molecule is C(=C/c1ccc(-c2ccc(N(c3cccc(-c4ccccc4)c3)c3ccc4ccccc4c3)cc2)cc1)/c1ccccc1. The summed E-state index contributed by atoms with van der Waals surface area (Å²) in [5, 5.41) is 2.46. The maximum Gasteiger partial charge on any atom is 0.0468 e. The summed E-state index contributed by atoms with van der Waals surface area (Å²) in [5.41, 5.74) is 10.6. The van der Waals surface area contributed by atoms with E-state index in [1.54, 1.807) is 0 Å². The van der Waals surface area contributed by atoms with Crippen LogP contribution in [0.5, 0.6) is 0 Å². The topological polar surface area (TPSA) is 3.24 Å². The van der Waals surface area contributed by atoms with E-state index in [2.05, 4.69) is 187 Å². The molecule has 7 rings (SSSR count). The number of benzene rings is 7. The molecular formula is C42H31N. The minimum Gasteiger partial charge on any atom is -0.310 e. The van der Waals surface area contributed by atoms with Crippen LogP contribution in [0.4, 0.5) is 17.1 Å². The van der Waals surface area contributed by atoms with Crippen LogP contribution in [0.1, 0.15) is 11.1 Å². The summed E-state index contributed by atoms with van der Waals surface area (Å²) in [6.07, 6.45) is 4.31. The molecule has 0 bridgehead atoms. The molecule has 0 atom stereocenters. The van der Waals surface area contributed by atoms with Crippen LogP contribution >= 0.6 is 0 Å². The van der Waals surface area contributed by atoms with Gasteiger partial charge in [0, 0.05) is 17.1 Å². The second-order valence-corrected chi connectivity index (χ2v) is 10.7.